The van der Waals surface area contributed by atoms with Crippen LogP contribution in [-0.2, 0) is 0 Å². The Morgan fingerprint density at radius 2 is 1.48 bits per heavy atom. The van der Waals surface area contributed by atoms with Crippen molar-refractivity contribution in [3.63, 3.8) is 0 Å². The van der Waals surface area contributed by atoms with Gasteiger partial charge in [-0.25, -0.2) is 8.78 Å². The van der Waals surface area contributed by atoms with E-state index in [0.29, 0.717) is 11.5 Å². The second kappa shape index (κ2) is 7.89. The Kier molecular flexibility index (Phi) is 5.46. The molecule has 0 nitrogen and oxygen atoms in total. The predicted molar refractivity (Wildman–Crippen MR) is 118 cm³/mol. The minimum Gasteiger partial charge on any atom is -0.206 e. The first kappa shape index (κ1) is 20.1. The molecule has 2 aromatic carbocycles. The molecule has 4 rings (SSSR count). The fraction of sp³-hybridized carbons (Fsp3) is 0.407. The summed E-state index contributed by atoms with van der Waals surface area (Å²) < 4.78 is 30.0. The summed E-state index contributed by atoms with van der Waals surface area (Å²) in [6.07, 6.45) is 10.3. The van der Waals surface area contributed by atoms with E-state index >= 15 is 4.39 Å². The summed E-state index contributed by atoms with van der Waals surface area (Å²) in [6, 6.07) is 5.90. The highest BCUT2D eigenvalue weighted by molar-refractivity contribution is 5.74. The SMILES string of the molecule is Cc1ccc(C)c(C2=CCCC(c3cc(C)c(F)c(C4=CCCC4)c3C)C2)c1F. The topological polar surface area (TPSA) is 0 Å². The normalized spacial score (nSPS) is 19.3. The number of rotatable bonds is 3. The Labute approximate surface area is 173 Å². The third kappa shape index (κ3) is 3.58. The molecule has 0 radical (unpaired) electrons. The maximum atomic E-state index is 15.1. The molecule has 0 saturated heterocycles. The summed E-state index contributed by atoms with van der Waals surface area (Å²) in [7, 11) is 0. The largest absolute Gasteiger partial charge is 0.206 e. The molecule has 0 amide bonds. The molecule has 29 heavy (non-hydrogen) atoms. The minimum absolute atomic E-state index is 0.0634. The van der Waals surface area contributed by atoms with Gasteiger partial charge < -0.3 is 0 Å². The van der Waals surface area contributed by atoms with Crippen LogP contribution in [0.1, 0.15) is 83.4 Å². The summed E-state index contributed by atoms with van der Waals surface area (Å²) >= 11 is 0. The number of hydrogen-bond donors (Lipinski definition) is 0. The van der Waals surface area contributed by atoms with Gasteiger partial charge in [0.1, 0.15) is 11.6 Å². The van der Waals surface area contributed by atoms with E-state index < -0.39 is 0 Å². The molecule has 0 aromatic heterocycles. The van der Waals surface area contributed by atoms with Crippen molar-refractivity contribution in [1.29, 1.82) is 0 Å². The molecule has 2 heteroatoms. The highest BCUT2D eigenvalue weighted by atomic mass is 19.1. The van der Waals surface area contributed by atoms with Gasteiger partial charge in [-0.3, -0.25) is 0 Å². The van der Waals surface area contributed by atoms with Crippen LogP contribution in [0.25, 0.3) is 11.1 Å². The van der Waals surface area contributed by atoms with Gasteiger partial charge in [-0.2, -0.15) is 0 Å². The Hall–Kier alpha value is -2.22. The molecule has 1 unspecified atom stereocenters. The molecule has 0 spiro atoms. The highest BCUT2D eigenvalue weighted by Gasteiger charge is 2.26. The van der Waals surface area contributed by atoms with Crippen LogP contribution in [0.15, 0.2) is 30.4 Å². The van der Waals surface area contributed by atoms with Crippen molar-refractivity contribution in [1.82, 2.24) is 0 Å². The van der Waals surface area contributed by atoms with E-state index in [-0.39, 0.29) is 11.6 Å². The lowest BCUT2D eigenvalue weighted by molar-refractivity contribution is 0.589. The van der Waals surface area contributed by atoms with Crippen molar-refractivity contribution in [2.45, 2.75) is 72.1 Å². The molecule has 2 aromatic rings. The van der Waals surface area contributed by atoms with Crippen LogP contribution >= 0.6 is 0 Å². The zero-order valence-corrected chi connectivity index (χ0v) is 18.0. The first-order valence-corrected chi connectivity index (χ1v) is 10.8. The number of benzene rings is 2. The summed E-state index contributed by atoms with van der Waals surface area (Å²) in [6.45, 7) is 7.76. The second-order valence-corrected chi connectivity index (χ2v) is 8.81. The van der Waals surface area contributed by atoms with Crippen molar-refractivity contribution < 1.29 is 8.78 Å². The Morgan fingerprint density at radius 3 is 2.21 bits per heavy atom. The molecular formula is C27H30F2. The van der Waals surface area contributed by atoms with Gasteiger partial charge in [-0.15, -0.1) is 0 Å². The van der Waals surface area contributed by atoms with Gasteiger partial charge >= 0.3 is 0 Å². The lowest BCUT2D eigenvalue weighted by Crippen LogP contribution is -2.11. The third-order valence-corrected chi connectivity index (χ3v) is 6.78. The summed E-state index contributed by atoms with van der Waals surface area (Å²) in [4.78, 5) is 0. The monoisotopic (exact) mass is 392 g/mol. The molecule has 2 aliphatic rings. The highest BCUT2D eigenvalue weighted by Crippen LogP contribution is 2.43. The zero-order chi connectivity index (χ0) is 20.7. The van der Waals surface area contributed by atoms with Crippen LogP contribution in [0, 0.1) is 39.3 Å². The number of halogens is 2. The predicted octanol–water partition coefficient (Wildman–Crippen LogP) is 8.12. The Bertz CT molecular complexity index is 1020. The number of allylic oxidation sites excluding steroid dienone is 4. The van der Waals surface area contributed by atoms with E-state index in [9.17, 15) is 4.39 Å². The van der Waals surface area contributed by atoms with Gasteiger partial charge in [-0.05, 0) is 111 Å². The summed E-state index contributed by atoms with van der Waals surface area (Å²) in [5.74, 6) is 0.140. The molecular weight excluding hydrogens is 362 g/mol. The van der Waals surface area contributed by atoms with Gasteiger partial charge in [0.2, 0.25) is 0 Å². The maximum Gasteiger partial charge on any atom is 0.133 e. The molecule has 2 aliphatic carbocycles. The lowest BCUT2D eigenvalue weighted by Gasteiger charge is -2.28. The van der Waals surface area contributed by atoms with Gasteiger partial charge in [0, 0.05) is 11.1 Å². The summed E-state index contributed by atoms with van der Waals surface area (Å²) in [5.41, 5.74) is 8.58. The van der Waals surface area contributed by atoms with E-state index in [2.05, 4.69) is 19.1 Å². The molecule has 0 saturated carbocycles. The fourth-order valence-corrected chi connectivity index (χ4v) is 5.16. The van der Waals surface area contributed by atoms with Crippen molar-refractivity contribution in [3.8, 4) is 0 Å². The van der Waals surface area contributed by atoms with E-state index in [1.807, 2.05) is 39.0 Å². The van der Waals surface area contributed by atoms with E-state index in [0.717, 1.165) is 77.5 Å². The second-order valence-electron chi connectivity index (χ2n) is 8.81. The van der Waals surface area contributed by atoms with Crippen LogP contribution in [0.2, 0.25) is 0 Å². The molecule has 152 valence electrons. The lowest BCUT2D eigenvalue weighted by atomic mass is 9.77. The smallest absolute Gasteiger partial charge is 0.133 e. The number of hydrogen-bond acceptors (Lipinski definition) is 0. The van der Waals surface area contributed by atoms with Crippen LogP contribution in [0.5, 0.6) is 0 Å². The van der Waals surface area contributed by atoms with Gasteiger partial charge in [0.05, 0.1) is 0 Å². The van der Waals surface area contributed by atoms with Gasteiger partial charge in [-0.1, -0.05) is 30.4 Å². The van der Waals surface area contributed by atoms with Gasteiger partial charge in [0.15, 0.2) is 0 Å². The molecule has 0 aliphatic heterocycles. The van der Waals surface area contributed by atoms with Crippen molar-refractivity contribution in [2.24, 2.45) is 0 Å². The molecule has 0 N–H and O–H groups in total. The third-order valence-electron chi connectivity index (χ3n) is 6.78. The van der Waals surface area contributed by atoms with Crippen molar-refractivity contribution in [3.05, 3.63) is 80.9 Å². The quantitative estimate of drug-likeness (QED) is 0.495. The van der Waals surface area contributed by atoms with Crippen LogP contribution in [0.3, 0.4) is 0 Å². The standard InChI is InChI=1S/C27H30F2/c1-16-12-13-17(2)26(28)24(16)22-11-7-10-21(15-22)23-14-18(3)27(29)25(19(23)4)20-8-5-6-9-20/h8,11-14,21H,5-7,9-10,15H2,1-4H3. The van der Waals surface area contributed by atoms with Gasteiger partial charge in [0.25, 0.3) is 0 Å². The molecule has 0 fully saturated rings. The molecule has 0 bridgehead atoms. The van der Waals surface area contributed by atoms with Crippen LogP contribution < -0.4 is 0 Å². The average Bonchev–Trinajstić information content (AvgIpc) is 3.23. The average molecular weight is 393 g/mol. The van der Waals surface area contributed by atoms with E-state index in [4.69, 9.17) is 0 Å². The Morgan fingerprint density at radius 1 is 0.793 bits per heavy atom. The van der Waals surface area contributed by atoms with E-state index in [1.54, 1.807) is 0 Å². The minimum atomic E-state index is -0.0966. The van der Waals surface area contributed by atoms with Crippen molar-refractivity contribution >= 4 is 11.1 Å². The Balaban J connectivity index is 1.74. The maximum absolute atomic E-state index is 15.1. The first-order chi connectivity index (χ1) is 13.9. The zero-order valence-electron chi connectivity index (χ0n) is 18.0. The fourth-order valence-electron chi connectivity index (χ4n) is 5.16. The molecule has 1 atom stereocenters. The summed E-state index contributed by atoms with van der Waals surface area (Å²) in [5, 5.41) is 0. The number of aryl methyl sites for hydroxylation is 3. The van der Waals surface area contributed by atoms with E-state index in [1.165, 1.54) is 5.56 Å². The van der Waals surface area contributed by atoms with Crippen molar-refractivity contribution in [2.75, 3.05) is 0 Å². The van der Waals surface area contributed by atoms with Crippen LogP contribution in [0.4, 0.5) is 8.78 Å². The van der Waals surface area contributed by atoms with Crippen LogP contribution in [-0.4, -0.2) is 0 Å². The molecule has 0 heterocycles. The first-order valence-electron chi connectivity index (χ1n) is 10.8.